The van der Waals surface area contributed by atoms with Crippen molar-refractivity contribution in [3.8, 4) is 11.5 Å². The van der Waals surface area contributed by atoms with Crippen LogP contribution in [-0.2, 0) is 0 Å². The highest BCUT2D eigenvalue weighted by atomic mass is 127. The first-order valence-electron chi connectivity index (χ1n) is 7.92. The van der Waals surface area contributed by atoms with Gasteiger partial charge in [-0.3, -0.25) is 4.79 Å². The van der Waals surface area contributed by atoms with Gasteiger partial charge in [-0.2, -0.15) is 0 Å². The maximum absolute atomic E-state index is 12.6. The standard InChI is InChI=1S/C20H11BrI2N2O2/c21-12-3-7-16(23)15(9-12)19(26)24-14-6-8-18-17(10-14)25-20(27-18)11-1-4-13(22)5-2-11/h1-10H,(H,24,26). The summed E-state index contributed by atoms with van der Waals surface area (Å²) in [5, 5.41) is 2.93. The SMILES string of the molecule is O=C(Nc1ccc2oc(-c3ccc(I)cc3)nc2c1)c1cc(Br)ccc1I. The van der Waals surface area contributed by atoms with E-state index in [9.17, 15) is 4.79 Å². The number of oxazole rings is 1. The van der Waals surface area contributed by atoms with Crippen LogP contribution < -0.4 is 5.32 Å². The first-order chi connectivity index (χ1) is 13.0. The molecule has 0 aliphatic carbocycles. The van der Waals surface area contributed by atoms with E-state index in [1.165, 1.54) is 0 Å². The fraction of sp³-hybridized carbons (Fsp3) is 0. The van der Waals surface area contributed by atoms with Crippen LogP contribution >= 0.6 is 61.1 Å². The van der Waals surface area contributed by atoms with E-state index >= 15 is 0 Å². The maximum atomic E-state index is 12.6. The zero-order valence-electron chi connectivity index (χ0n) is 13.7. The number of carbonyl (C=O) groups is 1. The molecule has 0 saturated heterocycles. The number of aromatic nitrogens is 1. The predicted octanol–water partition coefficient (Wildman–Crippen LogP) is 6.72. The molecule has 4 nitrogen and oxygen atoms in total. The van der Waals surface area contributed by atoms with Gasteiger partial charge in [-0.25, -0.2) is 4.98 Å². The van der Waals surface area contributed by atoms with Crippen molar-refractivity contribution in [3.63, 3.8) is 0 Å². The summed E-state index contributed by atoms with van der Waals surface area (Å²) in [6.07, 6.45) is 0. The van der Waals surface area contributed by atoms with Gasteiger partial charge < -0.3 is 9.73 Å². The third kappa shape index (κ3) is 4.19. The van der Waals surface area contributed by atoms with Crippen LogP contribution in [-0.4, -0.2) is 10.9 Å². The van der Waals surface area contributed by atoms with E-state index in [0.717, 1.165) is 17.2 Å². The molecule has 1 heterocycles. The Morgan fingerprint density at radius 3 is 2.56 bits per heavy atom. The lowest BCUT2D eigenvalue weighted by molar-refractivity contribution is 0.102. The lowest BCUT2D eigenvalue weighted by Gasteiger charge is -2.07. The Bertz CT molecular complexity index is 1160. The minimum Gasteiger partial charge on any atom is -0.436 e. The van der Waals surface area contributed by atoms with Crippen molar-refractivity contribution in [1.29, 1.82) is 0 Å². The van der Waals surface area contributed by atoms with Crippen LogP contribution in [0.3, 0.4) is 0 Å². The summed E-state index contributed by atoms with van der Waals surface area (Å²) in [6.45, 7) is 0. The van der Waals surface area contributed by atoms with Crippen molar-refractivity contribution in [1.82, 2.24) is 4.98 Å². The number of nitrogens with one attached hydrogen (secondary N) is 1. The van der Waals surface area contributed by atoms with Crippen molar-refractivity contribution < 1.29 is 9.21 Å². The number of amides is 1. The number of nitrogens with zero attached hydrogens (tertiary/aromatic N) is 1. The van der Waals surface area contributed by atoms with Crippen LogP contribution in [0.1, 0.15) is 10.4 Å². The topological polar surface area (TPSA) is 55.1 Å². The number of halogens is 3. The second kappa shape index (κ2) is 7.88. The minimum absolute atomic E-state index is 0.165. The molecule has 0 aliphatic heterocycles. The van der Waals surface area contributed by atoms with Gasteiger partial charge in [0.25, 0.3) is 5.91 Å². The molecule has 0 bridgehead atoms. The smallest absolute Gasteiger partial charge is 0.256 e. The third-order valence-electron chi connectivity index (χ3n) is 3.91. The number of carbonyl (C=O) groups excluding carboxylic acids is 1. The van der Waals surface area contributed by atoms with E-state index in [1.807, 2.05) is 54.6 Å². The molecule has 0 radical (unpaired) electrons. The normalized spacial score (nSPS) is 10.9. The molecule has 0 unspecified atom stereocenters. The van der Waals surface area contributed by atoms with Gasteiger partial charge in [0.2, 0.25) is 5.89 Å². The molecule has 3 aromatic carbocycles. The Morgan fingerprint density at radius 1 is 1.00 bits per heavy atom. The predicted molar refractivity (Wildman–Crippen MR) is 127 cm³/mol. The van der Waals surface area contributed by atoms with Crippen LogP contribution in [0.15, 0.2) is 69.6 Å². The number of rotatable bonds is 3. The third-order valence-corrected chi connectivity index (χ3v) is 6.06. The molecule has 1 amide bonds. The molecule has 0 spiro atoms. The molecule has 27 heavy (non-hydrogen) atoms. The summed E-state index contributed by atoms with van der Waals surface area (Å²) in [5.41, 5.74) is 3.58. The van der Waals surface area contributed by atoms with Crippen molar-refractivity contribution in [2.45, 2.75) is 0 Å². The summed E-state index contributed by atoms with van der Waals surface area (Å²) in [6, 6.07) is 19.0. The van der Waals surface area contributed by atoms with Gasteiger partial charge in [-0.1, -0.05) is 15.9 Å². The van der Waals surface area contributed by atoms with Gasteiger partial charge in [-0.15, -0.1) is 0 Å². The highest BCUT2D eigenvalue weighted by Crippen LogP contribution is 2.27. The van der Waals surface area contributed by atoms with E-state index in [4.69, 9.17) is 4.42 Å². The Kier molecular flexibility index (Phi) is 5.51. The van der Waals surface area contributed by atoms with Crippen molar-refractivity contribution in [3.05, 3.63) is 77.8 Å². The van der Waals surface area contributed by atoms with E-state index in [1.54, 1.807) is 6.07 Å². The minimum atomic E-state index is -0.165. The molecule has 4 aromatic rings. The summed E-state index contributed by atoms with van der Waals surface area (Å²) in [7, 11) is 0. The zero-order chi connectivity index (χ0) is 19.0. The Balaban J connectivity index is 1.62. The van der Waals surface area contributed by atoms with Crippen molar-refractivity contribution in [2.24, 2.45) is 0 Å². The molecule has 7 heteroatoms. The average molecular weight is 645 g/mol. The Morgan fingerprint density at radius 2 is 1.78 bits per heavy atom. The first kappa shape index (κ1) is 18.9. The number of benzene rings is 3. The highest BCUT2D eigenvalue weighted by Gasteiger charge is 2.13. The number of fused-ring (bicyclic) bond motifs is 1. The van der Waals surface area contributed by atoms with E-state index in [0.29, 0.717) is 28.2 Å². The molecule has 1 N–H and O–H groups in total. The summed E-state index contributed by atoms with van der Waals surface area (Å²) in [5.74, 6) is 0.396. The van der Waals surface area contributed by atoms with E-state index in [-0.39, 0.29) is 5.91 Å². The van der Waals surface area contributed by atoms with Gasteiger partial charge in [-0.05, 0) is 106 Å². The quantitative estimate of drug-likeness (QED) is 0.252. The summed E-state index contributed by atoms with van der Waals surface area (Å²) in [4.78, 5) is 17.2. The number of hydrogen-bond acceptors (Lipinski definition) is 3. The molecule has 134 valence electrons. The van der Waals surface area contributed by atoms with Crippen LogP contribution in [0, 0.1) is 7.14 Å². The molecule has 4 rings (SSSR count). The second-order valence-corrected chi connectivity index (χ2v) is 9.11. The molecule has 0 saturated carbocycles. The van der Waals surface area contributed by atoms with Gasteiger partial charge in [0.15, 0.2) is 5.58 Å². The highest BCUT2D eigenvalue weighted by molar-refractivity contribution is 14.1. The van der Waals surface area contributed by atoms with E-state index < -0.39 is 0 Å². The van der Waals surface area contributed by atoms with Crippen molar-refractivity contribution >= 4 is 83.8 Å². The molecule has 1 aromatic heterocycles. The monoisotopic (exact) mass is 644 g/mol. The van der Waals surface area contributed by atoms with Crippen LogP contribution in [0.4, 0.5) is 5.69 Å². The number of hydrogen-bond donors (Lipinski definition) is 1. The molecular weight excluding hydrogens is 634 g/mol. The molecule has 0 fully saturated rings. The molecule has 0 atom stereocenters. The first-order valence-corrected chi connectivity index (χ1v) is 10.9. The van der Waals surface area contributed by atoms with Crippen LogP contribution in [0.5, 0.6) is 0 Å². The van der Waals surface area contributed by atoms with Crippen molar-refractivity contribution in [2.75, 3.05) is 5.32 Å². The maximum Gasteiger partial charge on any atom is 0.256 e. The lowest BCUT2D eigenvalue weighted by atomic mass is 10.2. The summed E-state index contributed by atoms with van der Waals surface area (Å²) < 4.78 is 8.74. The van der Waals surface area contributed by atoms with Gasteiger partial charge in [0.1, 0.15) is 5.52 Å². The van der Waals surface area contributed by atoms with Gasteiger partial charge >= 0.3 is 0 Å². The fourth-order valence-electron chi connectivity index (χ4n) is 2.59. The fourth-order valence-corrected chi connectivity index (χ4v) is 3.89. The Hall–Kier alpha value is -1.46. The second-order valence-electron chi connectivity index (χ2n) is 5.79. The largest absolute Gasteiger partial charge is 0.436 e. The van der Waals surface area contributed by atoms with Gasteiger partial charge in [0.05, 0.1) is 5.56 Å². The van der Waals surface area contributed by atoms with Crippen LogP contribution in [0.25, 0.3) is 22.6 Å². The Labute approximate surface area is 191 Å². The van der Waals surface area contributed by atoms with Gasteiger partial charge in [0, 0.05) is 22.9 Å². The number of anilines is 1. The van der Waals surface area contributed by atoms with E-state index in [2.05, 4.69) is 71.4 Å². The lowest BCUT2D eigenvalue weighted by Crippen LogP contribution is -2.13. The zero-order valence-corrected chi connectivity index (χ0v) is 19.6. The molecule has 0 aliphatic rings. The molecular formula is C20H11BrI2N2O2. The van der Waals surface area contributed by atoms with Crippen LogP contribution in [0.2, 0.25) is 0 Å². The average Bonchev–Trinajstić information content (AvgIpc) is 3.07. The summed E-state index contributed by atoms with van der Waals surface area (Å²) >= 11 is 7.82.